The van der Waals surface area contributed by atoms with Crippen LogP contribution >= 0.6 is 0 Å². The van der Waals surface area contributed by atoms with Crippen molar-refractivity contribution in [3.05, 3.63) is 72.2 Å². The van der Waals surface area contributed by atoms with Gasteiger partial charge in [0.05, 0.1) is 19.4 Å². The SMILES string of the molecule is C=CCCCN(C)C(=NCc1cccc(C(=O)NCc2ccco2)c1)NCC. The molecule has 6 nitrogen and oxygen atoms in total. The number of nitrogens with zero attached hydrogens (tertiary/aromatic N) is 2. The minimum absolute atomic E-state index is 0.129. The first kappa shape index (κ1) is 21.3. The molecule has 0 unspecified atom stereocenters. The van der Waals surface area contributed by atoms with Crippen molar-refractivity contribution >= 4 is 11.9 Å². The number of benzene rings is 1. The zero-order valence-corrected chi connectivity index (χ0v) is 16.8. The topological polar surface area (TPSA) is 69.9 Å². The second-order valence-corrected chi connectivity index (χ2v) is 6.49. The summed E-state index contributed by atoms with van der Waals surface area (Å²) in [7, 11) is 2.03. The number of unbranched alkanes of at least 4 members (excludes halogenated alkanes) is 1. The minimum atomic E-state index is -0.129. The summed E-state index contributed by atoms with van der Waals surface area (Å²) in [5, 5.41) is 6.18. The normalized spacial score (nSPS) is 11.1. The van der Waals surface area contributed by atoms with Crippen LogP contribution in [0.25, 0.3) is 0 Å². The summed E-state index contributed by atoms with van der Waals surface area (Å²) in [6.07, 6.45) is 5.55. The molecule has 0 atom stereocenters. The molecule has 1 aromatic heterocycles. The van der Waals surface area contributed by atoms with Crippen LogP contribution in [-0.2, 0) is 13.1 Å². The third-order valence-electron chi connectivity index (χ3n) is 4.20. The third-order valence-corrected chi connectivity index (χ3v) is 4.20. The molecule has 1 aromatic carbocycles. The van der Waals surface area contributed by atoms with Crippen LogP contribution in [0.3, 0.4) is 0 Å². The molecule has 0 bridgehead atoms. The number of aliphatic imine (C=N–C) groups is 1. The molecule has 6 heteroatoms. The Morgan fingerprint density at radius 2 is 2.14 bits per heavy atom. The van der Waals surface area contributed by atoms with Crippen LogP contribution in [0, 0.1) is 0 Å². The van der Waals surface area contributed by atoms with Crippen LogP contribution in [0.1, 0.15) is 41.4 Å². The van der Waals surface area contributed by atoms with Crippen LogP contribution in [0.15, 0.2) is 64.7 Å². The van der Waals surface area contributed by atoms with Crippen molar-refractivity contribution in [2.24, 2.45) is 4.99 Å². The zero-order chi connectivity index (χ0) is 20.2. The Labute approximate surface area is 167 Å². The summed E-state index contributed by atoms with van der Waals surface area (Å²) in [6.45, 7) is 8.41. The number of nitrogens with one attached hydrogen (secondary N) is 2. The van der Waals surface area contributed by atoms with Gasteiger partial charge < -0.3 is 20.0 Å². The van der Waals surface area contributed by atoms with E-state index in [0.29, 0.717) is 18.7 Å². The van der Waals surface area contributed by atoms with Gasteiger partial charge in [0, 0.05) is 25.7 Å². The first-order chi connectivity index (χ1) is 13.6. The van der Waals surface area contributed by atoms with E-state index in [1.807, 2.05) is 37.4 Å². The fourth-order valence-electron chi connectivity index (χ4n) is 2.71. The zero-order valence-electron chi connectivity index (χ0n) is 16.8. The van der Waals surface area contributed by atoms with E-state index in [-0.39, 0.29) is 5.91 Å². The van der Waals surface area contributed by atoms with Crippen molar-refractivity contribution in [1.82, 2.24) is 15.5 Å². The van der Waals surface area contributed by atoms with E-state index in [9.17, 15) is 4.79 Å². The molecule has 1 amide bonds. The van der Waals surface area contributed by atoms with E-state index in [2.05, 4.69) is 29.0 Å². The van der Waals surface area contributed by atoms with Gasteiger partial charge in [-0.25, -0.2) is 4.99 Å². The van der Waals surface area contributed by atoms with E-state index in [0.717, 1.165) is 43.2 Å². The Morgan fingerprint density at radius 3 is 2.86 bits per heavy atom. The molecule has 0 saturated heterocycles. The van der Waals surface area contributed by atoms with Gasteiger partial charge in [-0.05, 0) is 49.6 Å². The molecule has 150 valence electrons. The Balaban J connectivity index is 1.97. The Hall–Kier alpha value is -3.02. The van der Waals surface area contributed by atoms with Crippen molar-refractivity contribution in [3.8, 4) is 0 Å². The second kappa shape index (κ2) is 11.6. The standard InChI is InChI=1S/C22H30N4O2/c1-4-6-7-13-26(3)22(23-5-2)25-16-18-10-8-11-19(15-18)21(27)24-17-20-12-9-14-28-20/h4,8-12,14-15H,1,5-7,13,16-17H2,2-3H3,(H,23,25)(H,24,27). The van der Waals surface area contributed by atoms with E-state index >= 15 is 0 Å². The summed E-state index contributed by atoms with van der Waals surface area (Å²) in [5.74, 6) is 1.46. The molecule has 28 heavy (non-hydrogen) atoms. The molecule has 0 aliphatic rings. The highest BCUT2D eigenvalue weighted by Gasteiger charge is 2.08. The van der Waals surface area contributed by atoms with Gasteiger partial charge in [0.2, 0.25) is 0 Å². The van der Waals surface area contributed by atoms with Crippen LogP contribution in [-0.4, -0.2) is 36.9 Å². The molecular formula is C22H30N4O2. The molecule has 0 saturated carbocycles. The average Bonchev–Trinajstić information content (AvgIpc) is 3.23. The molecular weight excluding hydrogens is 352 g/mol. The smallest absolute Gasteiger partial charge is 0.251 e. The minimum Gasteiger partial charge on any atom is -0.467 e. The summed E-state index contributed by atoms with van der Waals surface area (Å²) in [6, 6.07) is 11.2. The fourth-order valence-corrected chi connectivity index (χ4v) is 2.71. The highest BCUT2D eigenvalue weighted by Crippen LogP contribution is 2.08. The molecule has 0 fully saturated rings. The highest BCUT2D eigenvalue weighted by atomic mass is 16.3. The molecule has 2 aromatic rings. The van der Waals surface area contributed by atoms with Gasteiger partial charge in [-0.2, -0.15) is 0 Å². The van der Waals surface area contributed by atoms with Gasteiger partial charge in [0.25, 0.3) is 5.91 Å². The molecule has 0 spiro atoms. The quantitative estimate of drug-likeness (QED) is 0.285. The molecule has 2 N–H and O–H groups in total. The number of carbonyl (C=O) groups excluding carboxylic acids is 1. The van der Waals surface area contributed by atoms with Crippen LogP contribution in [0.5, 0.6) is 0 Å². The number of carbonyl (C=O) groups is 1. The highest BCUT2D eigenvalue weighted by molar-refractivity contribution is 5.94. The van der Waals surface area contributed by atoms with Gasteiger partial charge in [-0.3, -0.25) is 4.79 Å². The molecule has 0 aliphatic heterocycles. The van der Waals surface area contributed by atoms with Crippen molar-refractivity contribution in [2.45, 2.75) is 32.9 Å². The molecule has 0 radical (unpaired) electrons. The number of rotatable bonds is 10. The first-order valence-electron chi connectivity index (χ1n) is 9.64. The molecule has 2 rings (SSSR count). The first-order valence-corrected chi connectivity index (χ1v) is 9.64. The van der Waals surface area contributed by atoms with E-state index < -0.39 is 0 Å². The lowest BCUT2D eigenvalue weighted by molar-refractivity contribution is 0.0948. The maximum absolute atomic E-state index is 12.4. The lowest BCUT2D eigenvalue weighted by Crippen LogP contribution is -2.39. The van der Waals surface area contributed by atoms with E-state index in [1.165, 1.54) is 0 Å². The number of hydrogen-bond donors (Lipinski definition) is 2. The average molecular weight is 383 g/mol. The third kappa shape index (κ3) is 6.95. The van der Waals surface area contributed by atoms with Crippen molar-refractivity contribution in [1.29, 1.82) is 0 Å². The number of guanidine groups is 1. The van der Waals surface area contributed by atoms with Gasteiger partial charge in [0.1, 0.15) is 5.76 Å². The lowest BCUT2D eigenvalue weighted by atomic mass is 10.1. The van der Waals surface area contributed by atoms with Crippen LogP contribution < -0.4 is 10.6 Å². The summed E-state index contributed by atoms with van der Waals surface area (Å²) < 4.78 is 5.24. The van der Waals surface area contributed by atoms with Crippen molar-refractivity contribution in [3.63, 3.8) is 0 Å². The van der Waals surface area contributed by atoms with E-state index in [1.54, 1.807) is 18.4 Å². The number of furan rings is 1. The summed E-state index contributed by atoms with van der Waals surface area (Å²) >= 11 is 0. The fraction of sp³-hybridized carbons (Fsp3) is 0.364. The van der Waals surface area contributed by atoms with Gasteiger partial charge >= 0.3 is 0 Å². The van der Waals surface area contributed by atoms with Crippen LogP contribution in [0.2, 0.25) is 0 Å². The number of amides is 1. The molecule has 0 aliphatic carbocycles. The Kier molecular flexibility index (Phi) is 8.85. The Morgan fingerprint density at radius 1 is 1.29 bits per heavy atom. The Bertz CT molecular complexity index is 769. The second-order valence-electron chi connectivity index (χ2n) is 6.49. The molecule has 1 heterocycles. The van der Waals surface area contributed by atoms with Gasteiger partial charge in [-0.1, -0.05) is 18.2 Å². The summed E-state index contributed by atoms with van der Waals surface area (Å²) in [4.78, 5) is 19.2. The summed E-state index contributed by atoms with van der Waals surface area (Å²) in [5.41, 5.74) is 1.60. The van der Waals surface area contributed by atoms with Crippen molar-refractivity contribution < 1.29 is 9.21 Å². The predicted molar refractivity (Wildman–Crippen MR) is 113 cm³/mol. The van der Waals surface area contributed by atoms with Gasteiger partial charge in [0.15, 0.2) is 5.96 Å². The van der Waals surface area contributed by atoms with Crippen LogP contribution in [0.4, 0.5) is 0 Å². The number of allylic oxidation sites excluding steroid dienone is 1. The maximum Gasteiger partial charge on any atom is 0.251 e. The van der Waals surface area contributed by atoms with E-state index in [4.69, 9.17) is 9.41 Å². The largest absolute Gasteiger partial charge is 0.467 e. The lowest BCUT2D eigenvalue weighted by Gasteiger charge is -2.21. The van der Waals surface area contributed by atoms with Crippen molar-refractivity contribution in [2.75, 3.05) is 20.1 Å². The predicted octanol–water partition coefficient (Wildman–Crippen LogP) is 3.57. The number of hydrogen-bond acceptors (Lipinski definition) is 3. The monoisotopic (exact) mass is 382 g/mol. The maximum atomic E-state index is 12.4. The van der Waals surface area contributed by atoms with Gasteiger partial charge in [-0.15, -0.1) is 6.58 Å².